The lowest BCUT2D eigenvalue weighted by Gasteiger charge is -2.41. The summed E-state index contributed by atoms with van der Waals surface area (Å²) < 4.78 is 0. The number of hydrogen-bond donors (Lipinski definition) is 1. The molecule has 0 aromatic heterocycles. The summed E-state index contributed by atoms with van der Waals surface area (Å²) in [6.45, 7) is 4.44. The molecular weight excluding hydrogens is 246 g/mol. The van der Waals surface area contributed by atoms with E-state index in [0.717, 1.165) is 5.56 Å². The molecule has 1 N–H and O–H groups in total. The number of benzene rings is 1. The molecule has 20 heavy (non-hydrogen) atoms. The van der Waals surface area contributed by atoms with Gasteiger partial charge in [0, 0.05) is 12.1 Å². The van der Waals surface area contributed by atoms with Crippen LogP contribution in [0.3, 0.4) is 0 Å². The van der Waals surface area contributed by atoms with Crippen LogP contribution >= 0.6 is 0 Å². The maximum absolute atomic E-state index is 10.8. The fourth-order valence-electron chi connectivity index (χ4n) is 3.64. The third-order valence-electron chi connectivity index (χ3n) is 4.77. The standard InChI is InChI=1S/C18H29NO/c1-14(2)17(18(20)15-10-6-4-7-11-15)19(3)16-12-8-5-9-13-16/h4,6-7,10-11,14,16-18,20H,5,8-9,12-13H2,1-3H3. The van der Waals surface area contributed by atoms with E-state index < -0.39 is 6.10 Å². The van der Waals surface area contributed by atoms with Crippen molar-refractivity contribution in [1.82, 2.24) is 4.90 Å². The van der Waals surface area contributed by atoms with E-state index in [1.54, 1.807) is 0 Å². The SMILES string of the molecule is CC(C)C(C(O)c1ccccc1)N(C)C1CCCCC1. The smallest absolute Gasteiger partial charge is 0.0947 e. The molecule has 0 radical (unpaired) electrons. The Bertz CT molecular complexity index is 384. The van der Waals surface area contributed by atoms with E-state index in [9.17, 15) is 5.11 Å². The number of likely N-dealkylation sites (N-methyl/N-ethyl adjacent to an activating group) is 1. The van der Waals surface area contributed by atoms with Gasteiger partial charge in [-0.3, -0.25) is 4.90 Å². The van der Waals surface area contributed by atoms with Crippen LogP contribution in [-0.2, 0) is 0 Å². The van der Waals surface area contributed by atoms with E-state index >= 15 is 0 Å². The molecule has 2 atom stereocenters. The van der Waals surface area contributed by atoms with Crippen molar-refractivity contribution in [2.24, 2.45) is 5.92 Å². The van der Waals surface area contributed by atoms with E-state index in [1.807, 2.05) is 30.3 Å². The predicted octanol–water partition coefficient (Wildman–Crippen LogP) is 4.01. The first-order valence-corrected chi connectivity index (χ1v) is 8.06. The van der Waals surface area contributed by atoms with Crippen LogP contribution < -0.4 is 0 Å². The first-order chi connectivity index (χ1) is 9.61. The maximum atomic E-state index is 10.8. The second-order valence-electron chi connectivity index (χ2n) is 6.55. The van der Waals surface area contributed by atoms with Gasteiger partial charge in [-0.15, -0.1) is 0 Å². The summed E-state index contributed by atoms with van der Waals surface area (Å²) in [6.07, 6.45) is 6.20. The molecule has 0 saturated heterocycles. The van der Waals surface area contributed by atoms with Gasteiger partial charge < -0.3 is 5.11 Å². The first kappa shape index (κ1) is 15.5. The topological polar surface area (TPSA) is 23.5 Å². The number of aliphatic hydroxyl groups excluding tert-OH is 1. The van der Waals surface area contributed by atoms with Crippen molar-refractivity contribution in [2.45, 2.75) is 64.1 Å². The van der Waals surface area contributed by atoms with E-state index in [1.165, 1.54) is 32.1 Å². The molecular formula is C18H29NO. The van der Waals surface area contributed by atoms with Gasteiger partial charge in [-0.1, -0.05) is 63.4 Å². The van der Waals surface area contributed by atoms with E-state index in [4.69, 9.17) is 0 Å². The van der Waals surface area contributed by atoms with Crippen LogP contribution in [0.4, 0.5) is 0 Å². The molecule has 2 nitrogen and oxygen atoms in total. The van der Waals surface area contributed by atoms with Crippen LogP contribution in [0.5, 0.6) is 0 Å². The third kappa shape index (κ3) is 3.62. The van der Waals surface area contributed by atoms with Crippen molar-refractivity contribution >= 4 is 0 Å². The highest BCUT2D eigenvalue weighted by atomic mass is 16.3. The third-order valence-corrected chi connectivity index (χ3v) is 4.77. The molecule has 1 saturated carbocycles. The summed E-state index contributed by atoms with van der Waals surface area (Å²) in [5.74, 6) is 0.442. The molecule has 0 aliphatic heterocycles. The molecule has 1 fully saturated rings. The highest BCUT2D eigenvalue weighted by Crippen LogP contribution is 2.31. The largest absolute Gasteiger partial charge is 0.387 e. The van der Waals surface area contributed by atoms with E-state index in [0.29, 0.717) is 12.0 Å². The lowest BCUT2D eigenvalue weighted by Crippen LogP contribution is -2.47. The number of rotatable bonds is 5. The summed E-state index contributed by atoms with van der Waals surface area (Å²) in [4.78, 5) is 2.45. The van der Waals surface area contributed by atoms with Gasteiger partial charge in [0.05, 0.1) is 6.10 Å². The minimum absolute atomic E-state index is 0.195. The lowest BCUT2D eigenvalue weighted by molar-refractivity contribution is 0.00575. The van der Waals surface area contributed by atoms with Gasteiger partial charge in [-0.25, -0.2) is 0 Å². The van der Waals surface area contributed by atoms with Gasteiger partial charge in [0.1, 0.15) is 0 Å². The zero-order chi connectivity index (χ0) is 14.5. The minimum Gasteiger partial charge on any atom is -0.387 e. The number of hydrogen-bond acceptors (Lipinski definition) is 2. The fraction of sp³-hybridized carbons (Fsp3) is 0.667. The van der Waals surface area contributed by atoms with E-state index in [2.05, 4.69) is 25.8 Å². The molecule has 2 rings (SSSR count). The molecule has 0 bridgehead atoms. The van der Waals surface area contributed by atoms with Crippen LogP contribution in [0.25, 0.3) is 0 Å². The monoisotopic (exact) mass is 275 g/mol. The Kier molecular flexibility index (Phi) is 5.62. The van der Waals surface area contributed by atoms with Gasteiger partial charge >= 0.3 is 0 Å². The molecule has 1 aliphatic carbocycles. The quantitative estimate of drug-likeness (QED) is 0.877. The molecule has 2 heteroatoms. The molecule has 1 aliphatic rings. The molecule has 1 aromatic rings. The average Bonchev–Trinajstić information content (AvgIpc) is 2.48. The maximum Gasteiger partial charge on any atom is 0.0947 e. The van der Waals surface area contributed by atoms with Crippen LogP contribution in [0, 0.1) is 5.92 Å². The Morgan fingerprint density at radius 2 is 1.65 bits per heavy atom. The average molecular weight is 275 g/mol. The Balaban J connectivity index is 2.13. The van der Waals surface area contributed by atoms with Crippen LogP contribution in [0.15, 0.2) is 30.3 Å². The molecule has 2 unspecified atom stereocenters. The summed E-state index contributed by atoms with van der Waals surface area (Å²) in [7, 11) is 2.20. The first-order valence-electron chi connectivity index (χ1n) is 8.06. The lowest BCUT2D eigenvalue weighted by atomic mass is 9.87. The molecule has 112 valence electrons. The van der Waals surface area contributed by atoms with Crippen molar-refractivity contribution in [1.29, 1.82) is 0 Å². The molecule has 1 aromatic carbocycles. The highest BCUT2D eigenvalue weighted by molar-refractivity contribution is 5.19. The zero-order valence-electron chi connectivity index (χ0n) is 13.1. The van der Waals surface area contributed by atoms with Crippen molar-refractivity contribution in [3.8, 4) is 0 Å². The fourth-order valence-corrected chi connectivity index (χ4v) is 3.64. The number of aliphatic hydroxyl groups is 1. The van der Waals surface area contributed by atoms with Gasteiger partial charge in [0.15, 0.2) is 0 Å². The van der Waals surface area contributed by atoms with E-state index in [-0.39, 0.29) is 6.04 Å². The predicted molar refractivity (Wildman–Crippen MR) is 84.7 cm³/mol. The number of nitrogens with zero attached hydrogens (tertiary/aromatic N) is 1. The Labute approximate surface area is 123 Å². The Hall–Kier alpha value is -0.860. The Morgan fingerprint density at radius 1 is 1.05 bits per heavy atom. The molecule has 0 amide bonds. The van der Waals surface area contributed by atoms with Gasteiger partial charge in [-0.05, 0) is 31.4 Å². The normalized spacial score (nSPS) is 20.3. The Morgan fingerprint density at radius 3 is 2.20 bits per heavy atom. The summed E-state index contributed by atoms with van der Waals surface area (Å²) in [5.41, 5.74) is 1.04. The summed E-state index contributed by atoms with van der Waals surface area (Å²) in [6, 6.07) is 10.9. The second kappa shape index (κ2) is 7.24. The summed E-state index contributed by atoms with van der Waals surface area (Å²) >= 11 is 0. The zero-order valence-corrected chi connectivity index (χ0v) is 13.1. The second-order valence-corrected chi connectivity index (χ2v) is 6.55. The van der Waals surface area contributed by atoms with Gasteiger partial charge in [0.25, 0.3) is 0 Å². The van der Waals surface area contributed by atoms with Crippen molar-refractivity contribution in [3.05, 3.63) is 35.9 Å². The van der Waals surface area contributed by atoms with Gasteiger partial charge in [0.2, 0.25) is 0 Å². The van der Waals surface area contributed by atoms with Crippen molar-refractivity contribution in [3.63, 3.8) is 0 Å². The highest BCUT2D eigenvalue weighted by Gasteiger charge is 2.32. The van der Waals surface area contributed by atoms with Gasteiger partial charge in [-0.2, -0.15) is 0 Å². The molecule has 0 heterocycles. The van der Waals surface area contributed by atoms with Crippen LogP contribution in [0.1, 0.15) is 57.6 Å². The van der Waals surface area contributed by atoms with Crippen molar-refractivity contribution in [2.75, 3.05) is 7.05 Å². The molecule has 0 spiro atoms. The van der Waals surface area contributed by atoms with Crippen LogP contribution in [0.2, 0.25) is 0 Å². The minimum atomic E-state index is -0.400. The summed E-state index contributed by atoms with van der Waals surface area (Å²) in [5, 5.41) is 10.8. The van der Waals surface area contributed by atoms with Crippen LogP contribution in [-0.4, -0.2) is 29.1 Å². The van der Waals surface area contributed by atoms with Crippen molar-refractivity contribution < 1.29 is 5.11 Å².